The quantitative estimate of drug-likeness (QED) is 0.680. The Hall–Kier alpha value is -0.473. The van der Waals surface area contributed by atoms with Gasteiger partial charge in [-0.15, -0.1) is 0 Å². The van der Waals surface area contributed by atoms with Gasteiger partial charge in [0.1, 0.15) is 5.75 Å². The van der Waals surface area contributed by atoms with Crippen LogP contribution >= 0.6 is 11.6 Å². The van der Waals surface area contributed by atoms with E-state index in [0.29, 0.717) is 5.02 Å². The highest BCUT2D eigenvalue weighted by molar-refractivity contribution is 6.70. The Morgan fingerprint density at radius 3 is 2.31 bits per heavy atom. The molecule has 1 aromatic carbocycles. The van der Waals surface area contributed by atoms with E-state index in [1.165, 1.54) is 0 Å². The van der Waals surface area contributed by atoms with E-state index in [4.69, 9.17) is 16.0 Å². The van der Waals surface area contributed by atoms with Crippen LogP contribution in [0.2, 0.25) is 24.7 Å². The zero-order valence-electron chi connectivity index (χ0n) is 8.52. The van der Waals surface area contributed by atoms with Gasteiger partial charge in [0.2, 0.25) is 8.32 Å². The fraction of sp³-hybridized carbons (Fsp3) is 0.400. The Labute approximate surface area is 85.8 Å². The van der Waals surface area contributed by atoms with E-state index in [2.05, 4.69) is 19.6 Å². The third-order valence-corrected chi connectivity index (χ3v) is 2.69. The molecular formula is C10H15ClOSi. The summed E-state index contributed by atoms with van der Waals surface area (Å²) < 4.78 is 5.87. The van der Waals surface area contributed by atoms with Crippen LogP contribution < -0.4 is 4.43 Å². The lowest BCUT2D eigenvalue weighted by Gasteiger charge is -2.21. The molecule has 0 aromatic heterocycles. The monoisotopic (exact) mass is 214 g/mol. The first-order valence-corrected chi connectivity index (χ1v) is 8.13. The summed E-state index contributed by atoms with van der Waals surface area (Å²) in [5, 5.41) is 0.711. The molecule has 0 radical (unpaired) electrons. The van der Waals surface area contributed by atoms with Crippen LogP contribution in [0.25, 0.3) is 0 Å². The number of hydrogen-bond acceptors (Lipinski definition) is 1. The number of benzene rings is 1. The van der Waals surface area contributed by atoms with Gasteiger partial charge in [-0.25, -0.2) is 0 Å². The molecule has 0 unspecified atom stereocenters. The summed E-state index contributed by atoms with van der Waals surface area (Å²) >= 11 is 6.03. The van der Waals surface area contributed by atoms with Crippen molar-refractivity contribution < 1.29 is 4.43 Å². The molecule has 0 heterocycles. The van der Waals surface area contributed by atoms with Crippen LogP contribution in [0.3, 0.4) is 0 Å². The van der Waals surface area contributed by atoms with Crippen LogP contribution in [0.5, 0.6) is 5.75 Å². The highest BCUT2D eigenvalue weighted by Gasteiger charge is 2.18. The lowest BCUT2D eigenvalue weighted by molar-refractivity contribution is 0.553. The lowest BCUT2D eigenvalue weighted by Crippen LogP contribution is -2.29. The van der Waals surface area contributed by atoms with Crippen LogP contribution in [-0.2, 0) is 0 Å². The highest BCUT2D eigenvalue weighted by atomic mass is 35.5. The second-order valence-corrected chi connectivity index (χ2v) is 8.94. The zero-order valence-corrected chi connectivity index (χ0v) is 10.3. The number of halogens is 1. The van der Waals surface area contributed by atoms with Gasteiger partial charge < -0.3 is 4.43 Å². The summed E-state index contributed by atoms with van der Waals surface area (Å²) in [5.41, 5.74) is 1.11. The van der Waals surface area contributed by atoms with Crippen molar-refractivity contribution in [1.29, 1.82) is 0 Å². The van der Waals surface area contributed by atoms with E-state index in [1.54, 1.807) is 0 Å². The molecule has 72 valence electrons. The van der Waals surface area contributed by atoms with Gasteiger partial charge in [0.05, 0.1) is 5.02 Å². The minimum Gasteiger partial charge on any atom is -0.543 e. The van der Waals surface area contributed by atoms with Crippen LogP contribution in [-0.4, -0.2) is 8.32 Å². The summed E-state index contributed by atoms with van der Waals surface area (Å²) in [5.74, 6) is 0.850. The van der Waals surface area contributed by atoms with Gasteiger partial charge in [0.15, 0.2) is 0 Å². The molecule has 0 spiro atoms. The Kier molecular flexibility index (Phi) is 3.04. The first-order chi connectivity index (χ1) is 5.90. The van der Waals surface area contributed by atoms with E-state index in [9.17, 15) is 0 Å². The predicted octanol–water partition coefficient (Wildman–Crippen LogP) is 3.86. The van der Waals surface area contributed by atoms with Gasteiger partial charge in [0.25, 0.3) is 0 Å². The van der Waals surface area contributed by atoms with Gasteiger partial charge in [0, 0.05) is 0 Å². The number of para-hydroxylation sites is 1. The van der Waals surface area contributed by atoms with E-state index >= 15 is 0 Å². The highest BCUT2D eigenvalue weighted by Crippen LogP contribution is 2.29. The molecule has 0 N–H and O–H groups in total. The standard InChI is InChI=1S/C10H15ClOSi/c1-8-6-5-7-9(11)10(8)12-13(2,3)4/h5-7H,1-4H3. The molecule has 0 aliphatic heterocycles. The number of rotatable bonds is 2. The third kappa shape index (κ3) is 3.05. The molecule has 0 atom stereocenters. The first-order valence-electron chi connectivity index (χ1n) is 4.34. The molecule has 0 saturated carbocycles. The molecule has 1 rings (SSSR count). The molecule has 0 saturated heterocycles. The van der Waals surface area contributed by atoms with E-state index < -0.39 is 8.32 Å². The summed E-state index contributed by atoms with van der Waals surface area (Å²) in [6.07, 6.45) is 0. The predicted molar refractivity (Wildman–Crippen MR) is 60.2 cm³/mol. The van der Waals surface area contributed by atoms with Gasteiger partial charge in [-0.05, 0) is 38.2 Å². The fourth-order valence-corrected chi connectivity index (χ4v) is 2.26. The van der Waals surface area contributed by atoms with Crippen molar-refractivity contribution >= 4 is 19.9 Å². The Morgan fingerprint density at radius 1 is 1.23 bits per heavy atom. The molecule has 0 bridgehead atoms. The fourth-order valence-electron chi connectivity index (χ4n) is 1.05. The average molecular weight is 215 g/mol. The lowest BCUT2D eigenvalue weighted by atomic mass is 10.2. The Morgan fingerprint density at radius 2 is 1.85 bits per heavy atom. The Balaban J connectivity index is 3.00. The van der Waals surface area contributed by atoms with Crippen molar-refractivity contribution in [3.63, 3.8) is 0 Å². The zero-order chi connectivity index (χ0) is 10.1. The minimum absolute atomic E-state index is 0.711. The second-order valence-electron chi connectivity index (χ2n) is 4.10. The van der Waals surface area contributed by atoms with E-state index in [0.717, 1.165) is 11.3 Å². The summed E-state index contributed by atoms with van der Waals surface area (Å²) in [6.45, 7) is 8.46. The SMILES string of the molecule is Cc1cccc(Cl)c1O[Si](C)(C)C. The van der Waals surface area contributed by atoms with E-state index in [1.807, 2.05) is 25.1 Å². The molecular weight excluding hydrogens is 200 g/mol. The first kappa shape index (κ1) is 10.6. The van der Waals surface area contributed by atoms with Crippen molar-refractivity contribution in [2.45, 2.75) is 26.6 Å². The molecule has 0 aliphatic rings. The van der Waals surface area contributed by atoms with Crippen LogP contribution in [0.1, 0.15) is 5.56 Å². The largest absolute Gasteiger partial charge is 0.543 e. The van der Waals surface area contributed by atoms with Crippen molar-refractivity contribution in [2.75, 3.05) is 0 Å². The molecule has 0 aliphatic carbocycles. The van der Waals surface area contributed by atoms with Crippen molar-refractivity contribution in [1.82, 2.24) is 0 Å². The number of aryl methyl sites for hydroxylation is 1. The van der Waals surface area contributed by atoms with Crippen molar-refractivity contribution in [3.8, 4) is 5.75 Å². The number of hydrogen-bond donors (Lipinski definition) is 0. The topological polar surface area (TPSA) is 9.23 Å². The maximum Gasteiger partial charge on any atom is 0.242 e. The van der Waals surface area contributed by atoms with Crippen LogP contribution in [0, 0.1) is 6.92 Å². The maximum absolute atomic E-state index is 6.03. The summed E-state index contributed by atoms with van der Waals surface area (Å²) in [6, 6.07) is 5.82. The molecule has 1 aromatic rings. The maximum atomic E-state index is 6.03. The van der Waals surface area contributed by atoms with E-state index in [-0.39, 0.29) is 0 Å². The molecule has 13 heavy (non-hydrogen) atoms. The van der Waals surface area contributed by atoms with Crippen molar-refractivity contribution in [3.05, 3.63) is 28.8 Å². The van der Waals surface area contributed by atoms with Crippen LogP contribution in [0.15, 0.2) is 18.2 Å². The van der Waals surface area contributed by atoms with Crippen molar-refractivity contribution in [2.24, 2.45) is 0 Å². The van der Waals surface area contributed by atoms with Gasteiger partial charge in [-0.2, -0.15) is 0 Å². The summed E-state index contributed by atoms with van der Waals surface area (Å²) in [7, 11) is -1.55. The third-order valence-electron chi connectivity index (χ3n) is 1.57. The minimum atomic E-state index is -1.55. The van der Waals surface area contributed by atoms with Gasteiger partial charge in [-0.3, -0.25) is 0 Å². The second kappa shape index (κ2) is 3.72. The van der Waals surface area contributed by atoms with Crippen LogP contribution in [0.4, 0.5) is 0 Å². The van der Waals surface area contributed by atoms with Gasteiger partial charge in [-0.1, -0.05) is 23.7 Å². The smallest absolute Gasteiger partial charge is 0.242 e. The normalized spacial score (nSPS) is 11.5. The van der Waals surface area contributed by atoms with Gasteiger partial charge >= 0.3 is 0 Å². The summed E-state index contributed by atoms with van der Waals surface area (Å²) in [4.78, 5) is 0. The Bertz CT molecular complexity index is 284. The molecule has 0 amide bonds. The molecule has 1 nitrogen and oxygen atoms in total. The molecule has 0 fully saturated rings. The molecule has 3 heteroatoms. The average Bonchev–Trinajstić information content (AvgIpc) is 1.95.